The molecular weight excluding hydrogens is 256 g/mol. The Bertz CT molecular complexity index is 486. The van der Waals surface area contributed by atoms with Gasteiger partial charge in [-0.2, -0.15) is 0 Å². The Morgan fingerprint density at radius 3 is 2.73 bits per heavy atom. The van der Waals surface area contributed by atoms with Crippen LogP contribution in [0.4, 0.5) is 0 Å². The molecule has 0 amide bonds. The van der Waals surface area contributed by atoms with E-state index < -0.39 is 0 Å². The van der Waals surface area contributed by atoms with Gasteiger partial charge in [0.25, 0.3) is 0 Å². The molecule has 1 heterocycles. The number of carbonyl (C=O) groups excluding carboxylic acids is 1. The van der Waals surface area contributed by atoms with Crippen molar-refractivity contribution >= 4 is 21.7 Å². The first-order chi connectivity index (χ1) is 7.18. The van der Waals surface area contributed by atoms with Crippen LogP contribution in [0.3, 0.4) is 0 Å². The molecule has 3 heteroatoms. The smallest absolute Gasteiger partial charge is 0.229 e. The average Bonchev–Trinajstić information content (AvgIpc) is 2.69. The van der Waals surface area contributed by atoms with E-state index in [2.05, 4.69) is 15.9 Å². The number of hydrogen-bond acceptors (Lipinski definition) is 2. The van der Waals surface area contributed by atoms with E-state index in [9.17, 15) is 4.79 Å². The van der Waals surface area contributed by atoms with Gasteiger partial charge < -0.3 is 4.42 Å². The first kappa shape index (κ1) is 10.2. The highest BCUT2D eigenvalue weighted by Crippen LogP contribution is 2.21. The molecule has 0 aliphatic heterocycles. The van der Waals surface area contributed by atoms with Crippen molar-refractivity contribution < 1.29 is 9.21 Å². The molecule has 0 saturated carbocycles. The minimum absolute atomic E-state index is 0.105. The lowest BCUT2D eigenvalue weighted by Crippen LogP contribution is -2.00. The van der Waals surface area contributed by atoms with E-state index in [4.69, 9.17) is 4.42 Å². The number of ketones is 1. The van der Waals surface area contributed by atoms with Gasteiger partial charge in [0.2, 0.25) is 5.78 Å². The highest BCUT2D eigenvalue weighted by atomic mass is 79.9. The summed E-state index contributed by atoms with van der Waals surface area (Å²) in [5.74, 6) is 0.256. The maximum absolute atomic E-state index is 11.9. The van der Waals surface area contributed by atoms with Crippen LogP contribution in [-0.2, 0) is 0 Å². The lowest BCUT2D eigenvalue weighted by Gasteiger charge is -2.02. The van der Waals surface area contributed by atoms with Gasteiger partial charge >= 0.3 is 0 Å². The predicted octanol–water partition coefficient (Wildman–Crippen LogP) is 3.58. The van der Waals surface area contributed by atoms with Crippen LogP contribution in [0.1, 0.15) is 21.7 Å². The molecule has 0 fully saturated rings. The maximum Gasteiger partial charge on any atom is 0.229 e. The van der Waals surface area contributed by atoms with Crippen molar-refractivity contribution in [3.05, 3.63) is 58.0 Å². The molecule has 0 saturated heterocycles. The Morgan fingerprint density at radius 1 is 1.33 bits per heavy atom. The van der Waals surface area contributed by atoms with Crippen LogP contribution in [0, 0.1) is 6.92 Å². The van der Waals surface area contributed by atoms with Crippen LogP contribution in [-0.4, -0.2) is 5.78 Å². The van der Waals surface area contributed by atoms with Crippen LogP contribution < -0.4 is 0 Å². The molecule has 2 nitrogen and oxygen atoms in total. The number of furan rings is 1. The second kappa shape index (κ2) is 4.03. The summed E-state index contributed by atoms with van der Waals surface area (Å²) in [7, 11) is 0. The Morgan fingerprint density at radius 2 is 2.13 bits per heavy atom. The summed E-state index contributed by atoms with van der Waals surface area (Å²) in [6.07, 6.45) is 1.50. The molecule has 0 N–H and O–H groups in total. The number of aryl methyl sites for hydroxylation is 1. The van der Waals surface area contributed by atoms with E-state index in [1.165, 1.54) is 6.26 Å². The van der Waals surface area contributed by atoms with Gasteiger partial charge in [0.1, 0.15) is 0 Å². The zero-order valence-corrected chi connectivity index (χ0v) is 9.74. The van der Waals surface area contributed by atoms with Crippen molar-refractivity contribution in [2.45, 2.75) is 6.92 Å². The van der Waals surface area contributed by atoms with E-state index in [1.54, 1.807) is 18.2 Å². The lowest BCUT2D eigenvalue weighted by molar-refractivity contribution is 0.101. The predicted molar refractivity (Wildman–Crippen MR) is 61.0 cm³/mol. The molecule has 0 atom stereocenters. The van der Waals surface area contributed by atoms with Gasteiger partial charge in [0.05, 0.1) is 6.26 Å². The van der Waals surface area contributed by atoms with Crippen LogP contribution in [0.5, 0.6) is 0 Å². The molecular formula is C12H9BrO2. The molecule has 0 aliphatic rings. The van der Waals surface area contributed by atoms with E-state index in [-0.39, 0.29) is 5.78 Å². The molecule has 76 valence electrons. The van der Waals surface area contributed by atoms with Crippen LogP contribution in [0.2, 0.25) is 0 Å². The fourth-order valence-corrected chi connectivity index (χ4v) is 2.02. The fraction of sp³-hybridized carbons (Fsp3) is 0.0833. The van der Waals surface area contributed by atoms with Gasteiger partial charge in [0, 0.05) is 10.0 Å². The zero-order valence-electron chi connectivity index (χ0n) is 8.16. The Labute approximate surface area is 96.0 Å². The lowest BCUT2D eigenvalue weighted by atomic mass is 10.1. The monoisotopic (exact) mass is 264 g/mol. The minimum atomic E-state index is -0.105. The molecule has 1 aromatic carbocycles. The third-order valence-corrected chi connectivity index (χ3v) is 2.77. The highest BCUT2D eigenvalue weighted by molar-refractivity contribution is 9.10. The Kier molecular flexibility index (Phi) is 2.73. The SMILES string of the molecule is Cc1ccc(C(=O)c2ccco2)c(Br)c1. The number of halogens is 1. The normalized spacial score (nSPS) is 10.3. The summed E-state index contributed by atoms with van der Waals surface area (Å²) in [5.41, 5.74) is 1.73. The number of benzene rings is 1. The van der Waals surface area contributed by atoms with Crippen molar-refractivity contribution in [1.82, 2.24) is 0 Å². The summed E-state index contributed by atoms with van der Waals surface area (Å²) < 4.78 is 5.86. The van der Waals surface area contributed by atoms with Crippen molar-refractivity contribution in [3.8, 4) is 0 Å². The van der Waals surface area contributed by atoms with Gasteiger partial charge in [0.15, 0.2) is 5.76 Å². The molecule has 2 rings (SSSR count). The maximum atomic E-state index is 11.9. The largest absolute Gasteiger partial charge is 0.461 e. The van der Waals surface area contributed by atoms with E-state index in [0.717, 1.165) is 10.0 Å². The zero-order chi connectivity index (χ0) is 10.8. The van der Waals surface area contributed by atoms with Gasteiger partial charge in [-0.1, -0.05) is 22.0 Å². The van der Waals surface area contributed by atoms with Gasteiger partial charge in [-0.15, -0.1) is 0 Å². The summed E-state index contributed by atoms with van der Waals surface area (Å²) in [6.45, 7) is 1.98. The van der Waals surface area contributed by atoms with Crippen LogP contribution >= 0.6 is 15.9 Å². The standard InChI is InChI=1S/C12H9BrO2/c1-8-4-5-9(10(13)7-8)12(14)11-3-2-6-15-11/h2-7H,1H3. The van der Waals surface area contributed by atoms with Crippen molar-refractivity contribution in [2.75, 3.05) is 0 Å². The Hall–Kier alpha value is -1.35. The fourth-order valence-electron chi connectivity index (χ4n) is 1.34. The molecule has 0 radical (unpaired) electrons. The van der Waals surface area contributed by atoms with Crippen molar-refractivity contribution in [2.24, 2.45) is 0 Å². The molecule has 1 aromatic heterocycles. The second-order valence-electron chi connectivity index (χ2n) is 3.29. The van der Waals surface area contributed by atoms with Crippen molar-refractivity contribution in [1.29, 1.82) is 0 Å². The van der Waals surface area contributed by atoms with Gasteiger partial charge in [-0.3, -0.25) is 4.79 Å². The molecule has 15 heavy (non-hydrogen) atoms. The third kappa shape index (κ3) is 2.02. The molecule has 2 aromatic rings. The van der Waals surface area contributed by atoms with Gasteiger partial charge in [-0.25, -0.2) is 0 Å². The van der Waals surface area contributed by atoms with E-state index >= 15 is 0 Å². The summed E-state index contributed by atoms with van der Waals surface area (Å²) in [4.78, 5) is 11.9. The number of hydrogen-bond donors (Lipinski definition) is 0. The minimum Gasteiger partial charge on any atom is -0.461 e. The quantitative estimate of drug-likeness (QED) is 0.777. The summed E-state index contributed by atoms with van der Waals surface area (Å²) in [5, 5.41) is 0. The molecule has 0 unspecified atom stereocenters. The third-order valence-electron chi connectivity index (χ3n) is 2.11. The molecule has 0 bridgehead atoms. The first-order valence-corrected chi connectivity index (χ1v) is 5.32. The topological polar surface area (TPSA) is 30.2 Å². The number of rotatable bonds is 2. The number of carbonyl (C=O) groups is 1. The molecule has 0 aliphatic carbocycles. The molecule has 0 spiro atoms. The van der Waals surface area contributed by atoms with E-state index in [1.807, 2.05) is 19.1 Å². The highest BCUT2D eigenvalue weighted by Gasteiger charge is 2.14. The van der Waals surface area contributed by atoms with Gasteiger partial charge in [-0.05, 0) is 36.8 Å². The summed E-state index contributed by atoms with van der Waals surface area (Å²) >= 11 is 3.37. The summed E-state index contributed by atoms with van der Waals surface area (Å²) in [6, 6.07) is 8.98. The average molecular weight is 265 g/mol. The Balaban J connectivity index is 2.42. The first-order valence-electron chi connectivity index (χ1n) is 4.53. The second-order valence-corrected chi connectivity index (χ2v) is 4.14. The van der Waals surface area contributed by atoms with Crippen LogP contribution in [0.25, 0.3) is 0 Å². The van der Waals surface area contributed by atoms with Crippen LogP contribution in [0.15, 0.2) is 45.5 Å². The van der Waals surface area contributed by atoms with Crippen molar-refractivity contribution in [3.63, 3.8) is 0 Å². The van der Waals surface area contributed by atoms with E-state index in [0.29, 0.717) is 11.3 Å².